The summed E-state index contributed by atoms with van der Waals surface area (Å²) < 4.78 is 54.0. The fraction of sp³-hybridized carbons (Fsp3) is 0.267. The Balaban J connectivity index is 1.66. The van der Waals surface area contributed by atoms with Crippen LogP contribution >= 0.6 is 15.9 Å². The van der Waals surface area contributed by atoms with Crippen LogP contribution in [0.5, 0.6) is 0 Å². The number of sulfonamides is 2. The highest BCUT2D eigenvalue weighted by Crippen LogP contribution is 2.29. The molecule has 14 heteroatoms. The van der Waals surface area contributed by atoms with Gasteiger partial charge >= 0.3 is 0 Å². The Morgan fingerprint density at radius 2 is 1.90 bits per heavy atom. The third-order valence-electron chi connectivity index (χ3n) is 4.30. The largest absolute Gasteiger partial charge is 0.383 e. The summed E-state index contributed by atoms with van der Waals surface area (Å²) in [4.78, 5) is 13.5. The number of anilines is 1. The molecule has 1 aliphatic heterocycles. The first-order valence-electron chi connectivity index (χ1n) is 8.16. The molecule has 0 atom stereocenters. The Labute approximate surface area is 175 Å². The number of hydrogen-bond acceptors (Lipinski definition) is 8. The lowest BCUT2D eigenvalue weighted by Gasteiger charge is -2.38. The number of nitrogens with two attached hydrogens (primary N) is 1. The maximum Gasteiger partial charge on any atom is 0.289 e. The number of nitrogens with one attached hydrogen (secondary N) is 1. The van der Waals surface area contributed by atoms with Crippen molar-refractivity contribution in [3.05, 3.63) is 51.1 Å². The van der Waals surface area contributed by atoms with E-state index >= 15 is 0 Å². The van der Waals surface area contributed by atoms with Crippen molar-refractivity contribution in [3.63, 3.8) is 0 Å². The quantitative estimate of drug-likeness (QED) is 0.413. The highest BCUT2D eigenvalue weighted by molar-refractivity contribution is 9.10. The molecular weight excluding hydrogens is 490 g/mol. The van der Waals surface area contributed by atoms with Gasteiger partial charge in [-0.25, -0.2) is 26.5 Å². The van der Waals surface area contributed by atoms with Crippen LogP contribution in [-0.4, -0.2) is 50.7 Å². The number of para-hydroxylation sites is 1. The van der Waals surface area contributed by atoms with Gasteiger partial charge in [-0.05, 0) is 28.1 Å². The number of benzene rings is 1. The predicted molar refractivity (Wildman–Crippen MR) is 107 cm³/mol. The summed E-state index contributed by atoms with van der Waals surface area (Å²) in [6, 6.07) is 6.34. The van der Waals surface area contributed by atoms with E-state index in [2.05, 4.69) is 25.6 Å². The van der Waals surface area contributed by atoms with E-state index in [4.69, 9.17) is 5.73 Å². The minimum Gasteiger partial charge on any atom is -0.383 e. The van der Waals surface area contributed by atoms with E-state index in [1.165, 1.54) is 24.4 Å². The smallest absolute Gasteiger partial charge is 0.289 e. The van der Waals surface area contributed by atoms with Crippen molar-refractivity contribution in [3.8, 4) is 0 Å². The molecule has 1 aromatic carbocycles. The van der Waals surface area contributed by atoms with Gasteiger partial charge in [-0.1, -0.05) is 12.1 Å². The molecule has 156 valence electrons. The SMILES string of the molecule is Nc1ncc(Br)cc1S(=O)(=O)N1CC(CNS(=O)(=O)c2ccccc2[N+](=O)[O-])C1. The summed E-state index contributed by atoms with van der Waals surface area (Å²) in [6.45, 7) is 0.0913. The Bertz CT molecular complexity index is 1170. The average molecular weight is 506 g/mol. The highest BCUT2D eigenvalue weighted by Gasteiger charge is 2.38. The van der Waals surface area contributed by atoms with Gasteiger partial charge in [-0.2, -0.15) is 4.31 Å². The van der Waals surface area contributed by atoms with E-state index in [9.17, 15) is 26.9 Å². The average Bonchev–Trinajstić information content (AvgIpc) is 2.62. The molecule has 0 unspecified atom stereocenters. The van der Waals surface area contributed by atoms with Crippen LogP contribution in [0, 0.1) is 16.0 Å². The Morgan fingerprint density at radius 1 is 1.24 bits per heavy atom. The zero-order chi connectivity index (χ0) is 21.4. The topological polar surface area (TPSA) is 166 Å². The van der Waals surface area contributed by atoms with E-state index in [-0.39, 0.29) is 36.3 Å². The number of nitro benzene ring substituents is 1. The monoisotopic (exact) mass is 505 g/mol. The molecule has 3 rings (SSSR count). The van der Waals surface area contributed by atoms with Gasteiger partial charge in [0.05, 0.1) is 4.92 Å². The van der Waals surface area contributed by atoms with Gasteiger partial charge in [0.2, 0.25) is 20.0 Å². The van der Waals surface area contributed by atoms with E-state index < -0.39 is 35.6 Å². The van der Waals surface area contributed by atoms with Crippen molar-refractivity contribution in [1.29, 1.82) is 0 Å². The maximum atomic E-state index is 12.6. The molecule has 0 amide bonds. The maximum absolute atomic E-state index is 12.6. The molecular formula is C15H16BrN5O6S2. The molecule has 2 heterocycles. The molecule has 0 saturated carbocycles. The van der Waals surface area contributed by atoms with Crippen LogP contribution in [0.15, 0.2) is 50.8 Å². The van der Waals surface area contributed by atoms with E-state index in [1.54, 1.807) is 0 Å². The number of hydrogen-bond donors (Lipinski definition) is 2. The van der Waals surface area contributed by atoms with Crippen molar-refractivity contribution in [2.75, 3.05) is 25.4 Å². The van der Waals surface area contributed by atoms with Crippen LogP contribution in [0.1, 0.15) is 0 Å². The zero-order valence-electron chi connectivity index (χ0n) is 14.7. The summed E-state index contributed by atoms with van der Waals surface area (Å²) in [7, 11) is -7.98. The zero-order valence-corrected chi connectivity index (χ0v) is 17.9. The van der Waals surface area contributed by atoms with Gasteiger partial charge in [0.15, 0.2) is 4.90 Å². The molecule has 0 aliphatic carbocycles. The fourth-order valence-electron chi connectivity index (χ4n) is 2.77. The first kappa shape index (κ1) is 21.6. The Hall–Kier alpha value is -2.13. The van der Waals surface area contributed by atoms with Crippen molar-refractivity contribution < 1.29 is 21.8 Å². The first-order chi connectivity index (χ1) is 13.5. The number of aromatic nitrogens is 1. The Morgan fingerprint density at radius 3 is 2.55 bits per heavy atom. The van der Waals surface area contributed by atoms with Gasteiger partial charge in [-0.15, -0.1) is 0 Å². The lowest BCUT2D eigenvalue weighted by molar-refractivity contribution is -0.387. The molecule has 3 N–H and O–H groups in total. The molecule has 29 heavy (non-hydrogen) atoms. The molecule has 11 nitrogen and oxygen atoms in total. The summed E-state index contributed by atoms with van der Waals surface area (Å²) in [5, 5.41) is 11.0. The second kappa shape index (κ2) is 7.95. The third kappa shape index (κ3) is 4.40. The van der Waals surface area contributed by atoms with Crippen molar-refractivity contribution in [2.24, 2.45) is 5.92 Å². The molecule has 1 aromatic heterocycles. The molecule has 0 spiro atoms. The Kier molecular flexibility index (Phi) is 5.91. The van der Waals surface area contributed by atoms with Gasteiger partial charge in [0.25, 0.3) is 5.69 Å². The van der Waals surface area contributed by atoms with Crippen molar-refractivity contribution in [2.45, 2.75) is 9.79 Å². The van der Waals surface area contributed by atoms with Crippen LogP contribution in [0.2, 0.25) is 0 Å². The van der Waals surface area contributed by atoms with Gasteiger partial charge in [0, 0.05) is 42.3 Å². The highest BCUT2D eigenvalue weighted by atomic mass is 79.9. The van der Waals surface area contributed by atoms with Crippen molar-refractivity contribution in [1.82, 2.24) is 14.0 Å². The van der Waals surface area contributed by atoms with Crippen molar-refractivity contribution >= 4 is 47.5 Å². The molecule has 1 saturated heterocycles. The molecule has 1 aliphatic rings. The predicted octanol–water partition coefficient (Wildman–Crippen LogP) is 0.933. The van der Waals surface area contributed by atoms with Crippen LogP contribution in [0.25, 0.3) is 0 Å². The van der Waals surface area contributed by atoms with Gasteiger partial charge in [0.1, 0.15) is 10.7 Å². The molecule has 0 radical (unpaired) electrons. The summed E-state index contributed by atoms with van der Waals surface area (Å²) in [5.41, 5.74) is 5.13. The summed E-state index contributed by atoms with van der Waals surface area (Å²) in [6.07, 6.45) is 1.38. The van der Waals surface area contributed by atoms with Crippen LogP contribution in [0.4, 0.5) is 11.5 Å². The number of rotatable bonds is 7. The number of nitro groups is 1. The summed E-state index contributed by atoms with van der Waals surface area (Å²) in [5.74, 6) is -0.419. The second-order valence-electron chi connectivity index (χ2n) is 6.30. The number of nitrogen functional groups attached to an aromatic ring is 1. The van der Waals surface area contributed by atoms with Crippen LogP contribution < -0.4 is 10.5 Å². The van der Waals surface area contributed by atoms with Crippen LogP contribution in [0.3, 0.4) is 0 Å². The van der Waals surface area contributed by atoms with Gasteiger partial charge in [-0.3, -0.25) is 10.1 Å². The van der Waals surface area contributed by atoms with Gasteiger partial charge < -0.3 is 5.73 Å². The lowest BCUT2D eigenvalue weighted by atomic mass is 10.0. The van der Waals surface area contributed by atoms with Crippen LogP contribution in [-0.2, 0) is 20.0 Å². The standard InChI is InChI=1S/C15H16BrN5O6S2/c16-11-5-14(15(17)18-7-11)29(26,27)20-8-10(9-20)6-19-28(24,25)13-4-2-1-3-12(13)21(22)23/h1-5,7,10,19H,6,8-9H2,(H2,17,18). The number of pyridine rings is 1. The molecule has 0 bridgehead atoms. The first-order valence-corrected chi connectivity index (χ1v) is 11.9. The van der Waals surface area contributed by atoms with E-state index in [0.29, 0.717) is 4.47 Å². The minimum absolute atomic E-state index is 0.0629. The number of halogens is 1. The molecule has 1 fully saturated rings. The normalized spacial score (nSPS) is 15.8. The van der Waals surface area contributed by atoms with E-state index in [1.807, 2.05) is 0 Å². The fourth-order valence-corrected chi connectivity index (χ4v) is 6.22. The third-order valence-corrected chi connectivity index (χ3v) is 8.07. The number of nitrogens with zero attached hydrogens (tertiary/aromatic N) is 3. The summed E-state index contributed by atoms with van der Waals surface area (Å²) >= 11 is 3.15. The lowest BCUT2D eigenvalue weighted by Crippen LogP contribution is -2.53. The van der Waals surface area contributed by atoms with E-state index in [0.717, 1.165) is 16.4 Å². The second-order valence-corrected chi connectivity index (χ2v) is 10.9. The minimum atomic E-state index is -4.12. The molecule has 2 aromatic rings.